The predicted molar refractivity (Wildman–Crippen MR) is 102 cm³/mol. The maximum atomic E-state index is 12.5. The molecule has 1 aromatic heterocycles. The molecular weight excluding hydrogens is 344 g/mol. The maximum absolute atomic E-state index is 12.5. The zero-order chi connectivity index (χ0) is 18.7. The van der Waals surface area contributed by atoms with Crippen molar-refractivity contribution >= 4 is 5.91 Å². The van der Waals surface area contributed by atoms with E-state index in [0.29, 0.717) is 18.1 Å². The third kappa shape index (κ3) is 4.34. The van der Waals surface area contributed by atoms with Crippen LogP contribution in [-0.4, -0.2) is 57.3 Å². The number of carbonyl (C=O) groups is 1. The number of carbonyl (C=O) groups excluding carboxylic acids is 1. The summed E-state index contributed by atoms with van der Waals surface area (Å²) >= 11 is 0. The molecule has 2 aromatic rings. The van der Waals surface area contributed by atoms with Crippen molar-refractivity contribution in [3.63, 3.8) is 0 Å². The minimum absolute atomic E-state index is 0.155. The first-order valence-electron chi connectivity index (χ1n) is 9.50. The van der Waals surface area contributed by atoms with Crippen molar-refractivity contribution in [2.24, 2.45) is 5.41 Å². The van der Waals surface area contributed by atoms with E-state index in [0.717, 1.165) is 57.0 Å². The highest BCUT2D eigenvalue weighted by Crippen LogP contribution is 2.45. The van der Waals surface area contributed by atoms with Crippen LogP contribution in [0.2, 0.25) is 0 Å². The van der Waals surface area contributed by atoms with Crippen LogP contribution in [-0.2, 0) is 4.74 Å². The van der Waals surface area contributed by atoms with E-state index in [-0.39, 0.29) is 11.3 Å². The van der Waals surface area contributed by atoms with Gasteiger partial charge in [-0.2, -0.15) is 0 Å². The van der Waals surface area contributed by atoms with E-state index in [4.69, 9.17) is 13.9 Å². The Morgan fingerprint density at radius 3 is 2.78 bits per heavy atom. The van der Waals surface area contributed by atoms with Gasteiger partial charge in [-0.25, -0.2) is 0 Å². The molecule has 0 bridgehead atoms. The summed E-state index contributed by atoms with van der Waals surface area (Å²) in [6.45, 7) is 5.31. The zero-order valence-electron chi connectivity index (χ0n) is 15.7. The highest BCUT2D eigenvalue weighted by Gasteiger charge is 2.44. The lowest BCUT2D eigenvalue weighted by Crippen LogP contribution is -2.43. The standard InChI is InChI=1S/C21H26N2O4/c1-25-17-4-2-3-16(13-17)18-5-6-19(27-18)20(24)22-14-21(7-8-21)15-23-9-11-26-12-10-23/h2-6,13H,7-12,14-15H2,1H3,(H,22,24). The minimum atomic E-state index is -0.155. The fraction of sp³-hybridized carbons (Fsp3) is 0.476. The molecule has 1 aromatic carbocycles. The van der Waals surface area contributed by atoms with E-state index in [1.54, 1.807) is 13.2 Å². The monoisotopic (exact) mass is 370 g/mol. The molecule has 2 fully saturated rings. The van der Waals surface area contributed by atoms with Crippen LogP contribution in [0.4, 0.5) is 0 Å². The molecule has 27 heavy (non-hydrogen) atoms. The Morgan fingerprint density at radius 2 is 2.04 bits per heavy atom. The lowest BCUT2D eigenvalue weighted by Gasteiger charge is -2.30. The molecule has 2 aliphatic rings. The first-order valence-corrected chi connectivity index (χ1v) is 9.50. The van der Waals surface area contributed by atoms with Crippen molar-refractivity contribution in [1.29, 1.82) is 0 Å². The van der Waals surface area contributed by atoms with Crippen LogP contribution in [0.1, 0.15) is 23.4 Å². The number of hydrogen-bond acceptors (Lipinski definition) is 5. The lowest BCUT2D eigenvalue weighted by molar-refractivity contribution is 0.0282. The number of rotatable bonds is 7. The minimum Gasteiger partial charge on any atom is -0.497 e. The van der Waals surface area contributed by atoms with Crippen LogP contribution < -0.4 is 10.1 Å². The van der Waals surface area contributed by atoms with Gasteiger partial charge in [-0.1, -0.05) is 12.1 Å². The molecule has 6 nitrogen and oxygen atoms in total. The summed E-state index contributed by atoms with van der Waals surface area (Å²) in [7, 11) is 1.63. The van der Waals surface area contributed by atoms with E-state index < -0.39 is 0 Å². The van der Waals surface area contributed by atoms with Gasteiger partial charge in [0.1, 0.15) is 11.5 Å². The Morgan fingerprint density at radius 1 is 1.22 bits per heavy atom. The van der Waals surface area contributed by atoms with Gasteiger partial charge in [-0.05, 0) is 37.1 Å². The number of methoxy groups -OCH3 is 1. The highest BCUT2D eigenvalue weighted by molar-refractivity contribution is 5.92. The average molecular weight is 370 g/mol. The summed E-state index contributed by atoms with van der Waals surface area (Å²) < 4.78 is 16.4. The van der Waals surface area contributed by atoms with Gasteiger partial charge in [0.2, 0.25) is 0 Å². The SMILES string of the molecule is COc1cccc(-c2ccc(C(=O)NCC3(CN4CCOCC4)CC3)o2)c1. The Bertz CT molecular complexity index is 791. The second-order valence-corrected chi connectivity index (χ2v) is 7.47. The Kier molecular flexibility index (Phi) is 5.18. The lowest BCUT2D eigenvalue weighted by atomic mass is 10.1. The second-order valence-electron chi connectivity index (χ2n) is 7.47. The molecule has 4 rings (SSSR count). The summed E-state index contributed by atoms with van der Waals surface area (Å²) in [5, 5.41) is 3.06. The first-order chi connectivity index (χ1) is 13.2. The normalized spacial score (nSPS) is 18.9. The Balaban J connectivity index is 1.34. The van der Waals surface area contributed by atoms with E-state index in [2.05, 4.69) is 10.2 Å². The molecule has 1 saturated carbocycles. The van der Waals surface area contributed by atoms with Gasteiger partial charge in [0.05, 0.1) is 20.3 Å². The molecule has 144 valence electrons. The average Bonchev–Trinajstić information content (AvgIpc) is 3.28. The van der Waals surface area contributed by atoms with Crippen molar-refractivity contribution in [3.05, 3.63) is 42.2 Å². The van der Waals surface area contributed by atoms with E-state index in [9.17, 15) is 4.79 Å². The smallest absolute Gasteiger partial charge is 0.287 e. The molecule has 0 atom stereocenters. The van der Waals surface area contributed by atoms with Gasteiger partial charge in [0.15, 0.2) is 5.76 Å². The molecule has 1 saturated heterocycles. The van der Waals surface area contributed by atoms with Crippen molar-refractivity contribution in [1.82, 2.24) is 10.2 Å². The number of hydrogen-bond donors (Lipinski definition) is 1. The van der Waals surface area contributed by atoms with Crippen LogP contribution in [0, 0.1) is 5.41 Å². The molecule has 1 aliphatic heterocycles. The van der Waals surface area contributed by atoms with Gasteiger partial charge >= 0.3 is 0 Å². The van der Waals surface area contributed by atoms with Crippen molar-refractivity contribution in [3.8, 4) is 17.1 Å². The van der Waals surface area contributed by atoms with Gasteiger partial charge in [0, 0.05) is 37.2 Å². The quantitative estimate of drug-likeness (QED) is 0.812. The number of morpholine rings is 1. The molecule has 2 heterocycles. The van der Waals surface area contributed by atoms with E-state index in [1.165, 1.54) is 0 Å². The third-order valence-corrected chi connectivity index (χ3v) is 5.43. The molecule has 0 unspecified atom stereocenters. The van der Waals surface area contributed by atoms with Gasteiger partial charge in [-0.3, -0.25) is 9.69 Å². The number of benzene rings is 1. The largest absolute Gasteiger partial charge is 0.497 e. The van der Waals surface area contributed by atoms with E-state index in [1.807, 2.05) is 30.3 Å². The van der Waals surface area contributed by atoms with Gasteiger partial charge < -0.3 is 19.2 Å². The van der Waals surface area contributed by atoms with Crippen LogP contribution in [0.5, 0.6) is 5.75 Å². The summed E-state index contributed by atoms with van der Waals surface area (Å²) in [4.78, 5) is 15.0. The number of nitrogens with one attached hydrogen (secondary N) is 1. The fourth-order valence-corrected chi connectivity index (χ4v) is 3.55. The molecular formula is C21H26N2O4. The molecule has 6 heteroatoms. The molecule has 1 aliphatic carbocycles. The predicted octanol–water partition coefficient (Wildman–Crippen LogP) is 2.80. The topological polar surface area (TPSA) is 63.9 Å². The number of amides is 1. The zero-order valence-corrected chi connectivity index (χ0v) is 15.7. The molecule has 1 N–H and O–H groups in total. The third-order valence-electron chi connectivity index (χ3n) is 5.43. The molecule has 0 radical (unpaired) electrons. The fourth-order valence-electron chi connectivity index (χ4n) is 3.55. The summed E-state index contributed by atoms with van der Waals surface area (Å²) in [6.07, 6.45) is 2.33. The second kappa shape index (κ2) is 7.74. The highest BCUT2D eigenvalue weighted by atomic mass is 16.5. The number of furan rings is 1. The van der Waals surface area contributed by atoms with E-state index >= 15 is 0 Å². The van der Waals surface area contributed by atoms with Gasteiger partial charge in [0.25, 0.3) is 5.91 Å². The molecule has 1 amide bonds. The number of ether oxygens (including phenoxy) is 2. The first kappa shape index (κ1) is 18.1. The van der Waals surface area contributed by atoms with Crippen molar-refractivity contribution < 1.29 is 18.7 Å². The Hall–Kier alpha value is -2.31. The molecule has 0 spiro atoms. The van der Waals surface area contributed by atoms with Crippen LogP contribution in [0.15, 0.2) is 40.8 Å². The number of nitrogens with zero attached hydrogens (tertiary/aromatic N) is 1. The van der Waals surface area contributed by atoms with Crippen LogP contribution in [0.3, 0.4) is 0 Å². The Labute approximate surface area is 159 Å². The maximum Gasteiger partial charge on any atom is 0.287 e. The van der Waals surface area contributed by atoms with Crippen LogP contribution in [0.25, 0.3) is 11.3 Å². The summed E-state index contributed by atoms with van der Waals surface area (Å²) in [6, 6.07) is 11.2. The summed E-state index contributed by atoms with van der Waals surface area (Å²) in [5.74, 6) is 1.61. The van der Waals surface area contributed by atoms with Crippen molar-refractivity contribution in [2.75, 3.05) is 46.5 Å². The van der Waals surface area contributed by atoms with Crippen LogP contribution >= 0.6 is 0 Å². The van der Waals surface area contributed by atoms with Crippen molar-refractivity contribution in [2.45, 2.75) is 12.8 Å². The summed E-state index contributed by atoms with van der Waals surface area (Å²) in [5.41, 5.74) is 1.11. The van der Waals surface area contributed by atoms with Gasteiger partial charge in [-0.15, -0.1) is 0 Å².